The fourth-order valence-corrected chi connectivity index (χ4v) is 1.95. The number of hydrogen-bond acceptors (Lipinski definition) is 4. The molecule has 1 aromatic rings. The van der Waals surface area contributed by atoms with Crippen LogP contribution in [0.1, 0.15) is 25.1 Å². The Kier molecular flexibility index (Phi) is 2.72. The summed E-state index contributed by atoms with van der Waals surface area (Å²) >= 11 is 1.76. The van der Waals surface area contributed by atoms with E-state index in [9.17, 15) is 9.90 Å². The van der Waals surface area contributed by atoms with E-state index in [0.717, 1.165) is 19.3 Å². The number of ether oxygens (including phenoxy) is 1. The summed E-state index contributed by atoms with van der Waals surface area (Å²) < 4.78 is 5.57. The first-order valence-electron chi connectivity index (χ1n) is 4.63. The van der Waals surface area contributed by atoms with Crippen LogP contribution in [0.4, 0.5) is 0 Å². The average molecular weight is 322 g/mol. The van der Waals surface area contributed by atoms with Crippen molar-refractivity contribution in [1.82, 2.24) is 9.97 Å². The highest BCUT2D eigenvalue weighted by Crippen LogP contribution is 2.42. The molecule has 0 aromatic carbocycles. The number of H-pyrrole nitrogens is 1. The highest BCUT2D eigenvalue weighted by molar-refractivity contribution is 14.1. The van der Waals surface area contributed by atoms with Crippen molar-refractivity contribution < 1.29 is 9.84 Å². The van der Waals surface area contributed by atoms with Gasteiger partial charge in [0.2, 0.25) is 5.88 Å². The number of methoxy groups -OCH3 is 1. The fraction of sp³-hybridized carbons (Fsp3) is 0.556. The second-order valence-corrected chi connectivity index (χ2v) is 4.68. The van der Waals surface area contributed by atoms with Crippen molar-refractivity contribution in [3.8, 4) is 5.88 Å². The summed E-state index contributed by atoms with van der Waals surface area (Å²) in [6.07, 6.45) is 2.70. The SMILES string of the molecule is COC1(c2nc(O)c(I)c(=O)[nH]2)CCC1. The number of rotatable bonds is 2. The van der Waals surface area contributed by atoms with Gasteiger partial charge in [-0.2, -0.15) is 4.98 Å². The first kappa shape index (κ1) is 10.9. The lowest BCUT2D eigenvalue weighted by Crippen LogP contribution is -2.39. The predicted octanol–water partition coefficient (Wildman–Crippen LogP) is 1.11. The van der Waals surface area contributed by atoms with Gasteiger partial charge in [-0.15, -0.1) is 0 Å². The maximum absolute atomic E-state index is 11.4. The van der Waals surface area contributed by atoms with E-state index in [1.165, 1.54) is 0 Å². The van der Waals surface area contributed by atoms with Crippen LogP contribution >= 0.6 is 22.6 Å². The van der Waals surface area contributed by atoms with Crippen LogP contribution in [0.2, 0.25) is 0 Å². The van der Waals surface area contributed by atoms with Crippen molar-refractivity contribution in [1.29, 1.82) is 0 Å². The summed E-state index contributed by atoms with van der Waals surface area (Å²) in [5.41, 5.74) is -0.817. The fourth-order valence-electron chi connectivity index (χ4n) is 1.70. The lowest BCUT2D eigenvalue weighted by atomic mass is 9.79. The maximum atomic E-state index is 11.4. The minimum Gasteiger partial charge on any atom is -0.492 e. The molecule has 2 rings (SSSR count). The smallest absolute Gasteiger partial charge is 0.268 e. The molecule has 1 aliphatic carbocycles. The van der Waals surface area contributed by atoms with Gasteiger partial charge in [0, 0.05) is 7.11 Å². The summed E-state index contributed by atoms with van der Waals surface area (Å²) in [4.78, 5) is 18.1. The molecule has 1 heterocycles. The lowest BCUT2D eigenvalue weighted by molar-refractivity contribution is -0.0851. The summed E-state index contributed by atoms with van der Waals surface area (Å²) in [7, 11) is 1.59. The van der Waals surface area contributed by atoms with E-state index in [4.69, 9.17) is 4.74 Å². The number of nitrogens with one attached hydrogen (secondary N) is 1. The molecule has 0 saturated heterocycles. The molecule has 0 unspecified atom stereocenters. The zero-order valence-corrected chi connectivity index (χ0v) is 10.4. The molecule has 1 fully saturated rings. The summed E-state index contributed by atoms with van der Waals surface area (Å²) in [5, 5.41) is 9.47. The topological polar surface area (TPSA) is 75.2 Å². The van der Waals surface area contributed by atoms with Gasteiger partial charge in [0.15, 0.2) is 0 Å². The van der Waals surface area contributed by atoms with Crippen LogP contribution in [-0.4, -0.2) is 22.2 Å². The molecular weight excluding hydrogens is 311 g/mol. The molecular formula is C9H11IN2O3. The van der Waals surface area contributed by atoms with Gasteiger partial charge in [0.25, 0.3) is 5.56 Å². The van der Waals surface area contributed by atoms with E-state index in [1.54, 1.807) is 29.7 Å². The van der Waals surface area contributed by atoms with E-state index in [1.807, 2.05) is 0 Å². The standard InChI is InChI=1S/C9H11IN2O3/c1-15-9(3-2-4-9)8-11-6(13)5(10)7(14)12-8/h2-4H2,1H3,(H2,11,12,13,14). The van der Waals surface area contributed by atoms with Gasteiger partial charge in [-0.1, -0.05) is 0 Å². The number of halogens is 1. The highest BCUT2D eigenvalue weighted by Gasteiger charge is 2.41. The highest BCUT2D eigenvalue weighted by atomic mass is 127. The van der Waals surface area contributed by atoms with Gasteiger partial charge in [-0.3, -0.25) is 4.79 Å². The summed E-state index contributed by atoms with van der Waals surface area (Å²) in [5.74, 6) is 0.205. The normalized spacial score (nSPS) is 18.5. The van der Waals surface area contributed by atoms with Crippen LogP contribution in [0.25, 0.3) is 0 Å². The number of hydrogen-bond donors (Lipinski definition) is 2. The second kappa shape index (κ2) is 3.75. The third-order valence-electron chi connectivity index (χ3n) is 2.83. The molecule has 0 bridgehead atoms. The van der Waals surface area contributed by atoms with Gasteiger partial charge in [0.05, 0.1) is 0 Å². The molecule has 82 valence electrons. The number of aromatic hydroxyl groups is 1. The molecule has 0 atom stereocenters. The van der Waals surface area contributed by atoms with Crippen LogP contribution in [0.5, 0.6) is 5.88 Å². The Labute approximate surface area is 100 Å². The molecule has 5 nitrogen and oxygen atoms in total. The summed E-state index contributed by atoms with van der Waals surface area (Å²) in [6, 6.07) is 0. The van der Waals surface area contributed by atoms with E-state index in [2.05, 4.69) is 9.97 Å². The van der Waals surface area contributed by atoms with Crippen LogP contribution in [0, 0.1) is 3.57 Å². The number of aromatic amines is 1. The van der Waals surface area contributed by atoms with Crippen molar-refractivity contribution in [2.24, 2.45) is 0 Å². The van der Waals surface area contributed by atoms with Gasteiger partial charge in [0.1, 0.15) is 15.0 Å². The Hall–Kier alpha value is -0.630. The minimum absolute atomic E-state index is 0.210. The Morgan fingerprint density at radius 1 is 1.60 bits per heavy atom. The summed E-state index contributed by atoms with van der Waals surface area (Å²) in [6.45, 7) is 0. The van der Waals surface area contributed by atoms with Crippen LogP contribution < -0.4 is 5.56 Å². The quantitative estimate of drug-likeness (QED) is 0.800. The molecule has 15 heavy (non-hydrogen) atoms. The average Bonchev–Trinajstić information content (AvgIpc) is 2.13. The Bertz CT molecular complexity index is 434. The zero-order valence-electron chi connectivity index (χ0n) is 8.21. The van der Waals surface area contributed by atoms with Crippen LogP contribution in [-0.2, 0) is 10.3 Å². The lowest BCUT2D eigenvalue weighted by Gasteiger charge is -2.39. The molecule has 6 heteroatoms. The minimum atomic E-state index is -0.499. The van der Waals surface area contributed by atoms with Gasteiger partial charge in [-0.05, 0) is 41.9 Å². The Morgan fingerprint density at radius 3 is 2.67 bits per heavy atom. The van der Waals surface area contributed by atoms with Crippen LogP contribution in [0.3, 0.4) is 0 Å². The van der Waals surface area contributed by atoms with E-state index in [0.29, 0.717) is 5.82 Å². The van der Waals surface area contributed by atoms with Crippen molar-refractivity contribution >= 4 is 22.6 Å². The molecule has 1 saturated carbocycles. The third kappa shape index (κ3) is 1.65. The molecule has 2 N–H and O–H groups in total. The maximum Gasteiger partial charge on any atom is 0.268 e. The molecule has 0 spiro atoms. The zero-order chi connectivity index (χ0) is 11.1. The Balaban J connectivity index is 2.49. The monoisotopic (exact) mass is 322 g/mol. The van der Waals surface area contributed by atoms with E-state index >= 15 is 0 Å². The van der Waals surface area contributed by atoms with E-state index in [-0.39, 0.29) is 15.0 Å². The number of aromatic nitrogens is 2. The largest absolute Gasteiger partial charge is 0.492 e. The molecule has 1 aliphatic rings. The second-order valence-electron chi connectivity index (χ2n) is 3.60. The van der Waals surface area contributed by atoms with Crippen molar-refractivity contribution in [2.45, 2.75) is 24.9 Å². The molecule has 0 radical (unpaired) electrons. The van der Waals surface area contributed by atoms with Gasteiger partial charge < -0.3 is 14.8 Å². The molecule has 0 aliphatic heterocycles. The van der Waals surface area contributed by atoms with E-state index < -0.39 is 5.60 Å². The molecule has 0 amide bonds. The first-order chi connectivity index (χ1) is 7.09. The number of nitrogens with zero attached hydrogens (tertiary/aromatic N) is 1. The van der Waals surface area contributed by atoms with Gasteiger partial charge >= 0.3 is 0 Å². The molecule has 1 aromatic heterocycles. The van der Waals surface area contributed by atoms with Crippen molar-refractivity contribution in [2.75, 3.05) is 7.11 Å². The van der Waals surface area contributed by atoms with Gasteiger partial charge in [-0.25, -0.2) is 0 Å². The van der Waals surface area contributed by atoms with Crippen molar-refractivity contribution in [3.63, 3.8) is 0 Å². The predicted molar refractivity (Wildman–Crippen MR) is 61.8 cm³/mol. The first-order valence-corrected chi connectivity index (χ1v) is 5.71. The Morgan fingerprint density at radius 2 is 2.27 bits per heavy atom. The third-order valence-corrected chi connectivity index (χ3v) is 3.80. The van der Waals surface area contributed by atoms with Crippen LogP contribution in [0.15, 0.2) is 4.79 Å². The van der Waals surface area contributed by atoms with Crippen molar-refractivity contribution in [3.05, 3.63) is 19.7 Å².